The highest BCUT2D eigenvalue weighted by Gasteiger charge is 2.31. The van der Waals surface area contributed by atoms with E-state index in [0.717, 1.165) is 11.9 Å². The maximum Gasteiger partial charge on any atom is 0.176 e. The van der Waals surface area contributed by atoms with Crippen LogP contribution in [-0.2, 0) is 4.79 Å². The van der Waals surface area contributed by atoms with E-state index in [-0.39, 0.29) is 12.4 Å². The van der Waals surface area contributed by atoms with Gasteiger partial charge in [-0.25, -0.2) is 4.99 Å². The molecule has 0 spiro atoms. The third kappa shape index (κ3) is 1.89. The Kier molecular flexibility index (Phi) is 3.10. The van der Waals surface area contributed by atoms with Crippen molar-refractivity contribution in [2.75, 3.05) is 6.61 Å². The summed E-state index contributed by atoms with van der Waals surface area (Å²) in [7, 11) is 0. The average Bonchev–Trinajstić information content (AvgIpc) is 2.32. The number of nitrogens with zero attached hydrogens (tertiary/aromatic N) is 2. The van der Waals surface area contributed by atoms with Crippen LogP contribution in [-0.4, -0.2) is 39.9 Å². The number of carbonyl (C=O) groups is 1. The van der Waals surface area contributed by atoms with Crippen LogP contribution < -0.4 is 0 Å². The number of aliphatic hydroxyl groups excluding tert-OH is 2. The van der Waals surface area contributed by atoms with Crippen LogP contribution in [0.3, 0.4) is 0 Å². The molecule has 0 aromatic carbocycles. The summed E-state index contributed by atoms with van der Waals surface area (Å²) >= 11 is 0. The van der Waals surface area contributed by atoms with Crippen molar-refractivity contribution in [3.8, 4) is 0 Å². The van der Waals surface area contributed by atoms with Gasteiger partial charge in [0.15, 0.2) is 11.6 Å². The van der Waals surface area contributed by atoms with E-state index in [4.69, 9.17) is 5.11 Å². The molecule has 0 bridgehead atoms. The van der Waals surface area contributed by atoms with Gasteiger partial charge in [-0.05, 0) is 31.1 Å². The Hall–Kier alpha value is -1.88. The number of amidine groups is 1. The van der Waals surface area contributed by atoms with Crippen molar-refractivity contribution in [3.63, 3.8) is 0 Å². The van der Waals surface area contributed by atoms with Crippen molar-refractivity contribution in [1.82, 2.24) is 4.90 Å². The second-order valence-electron chi connectivity index (χ2n) is 3.90. The van der Waals surface area contributed by atoms with E-state index in [2.05, 4.69) is 4.99 Å². The SMILES string of the molecule is CC1=C(CCO)C(C=O)N2C=CC=C(O)C2=N1. The largest absolute Gasteiger partial charge is 0.504 e. The van der Waals surface area contributed by atoms with Crippen LogP contribution in [0.2, 0.25) is 0 Å². The highest BCUT2D eigenvalue weighted by Crippen LogP contribution is 2.27. The van der Waals surface area contributed by atoms with Gasteiger partial charge < -0.3 is 19.9 Å². The second kappa shape index (κ2) is 4.55. The zero-order chi connectivity index (χ0) is 12.4. The van der Waals surface area contributed by atoms with E-state index in [1.807, 2.05) is 0 Å². The number of rotatable bonds is 3. The van der Waals surface area contributed by atoms with E-state index in [1.165, 1.54) is 6.08 Å². The van der Waals surface area contributed by atoms with Gasteiger partial charge in [-0.3, -0.25) is 0 Å². The number of fused-ring (bicyclic) bond motifs is 1. The maximum atomic E-state index is 11.2. The maximum absolute atomic E-state index is 11.2. The summed E-state index contributed by atoms with van der Waals surface area (Å²) in [6, 6.07) is -0.498. The van der Waals surface area contributed by atoms with Crippen LogP contribution in [0.1, 0.15) is 13.3 Å². The Bertz CT molecular complexity index is 460. The topological polar surface area (TPSA) is 73.1 Å². The molecule has 2 rings (SSSR count). The number of aliphatic hydroxyl groups is 2. The Balaban J connectivity index is 2.47. The number of carbonyl (C=O) groups excluding carboxylic acids is 1. The smallest absolute Gasteiger partial charge is 0.176 e. The van der Waals surface area contributed by atoms with Gasteiger partial charge in [-0.2, -0.15) is 0 Å². The van der Waals surface area contributed by atoms with Crippen molar-refractivity contribution < 1.29 is 15.0 Å². The molecule has 90 valence electrons. The monoisotopic (exact) mass is 234 g/mol. The van der Waals surface area contributed by atoms with Gasteiger partial charge in [0.05, 0.1) is 0 Å². The van der Waals surface area contributed by atoms with Gasteiger partial charge >= 0.3 is 0 Å². The molecule has 2 aliphatic heterocycles. The van der Waals surface area contributed by atoms with Gasteiger partial charge in [-0.15, -0.1) is 0 Å². The summed E-state index contributed by atoms with van der Waals surface area (Å²) in [6.07, 6.45) is 6.08. The first-order valence-corrected chi connectivity index (χ1v) is 5.39. The average molecular weight is 234 g/mol. The molecular formula is C12H14N2O3. The number of allylic oxidation sites excluding steroid dienone is 3. The third-order valence-corrected chi connectivity index (χ3v) is 2.88. The number of aliphatic imine (C=N–C) groups is 1. The lowest BCUT2D eigenvalue weighted by Crippen LogP contribution is -2.43. The lowest BCUT2D eigenvalue weighted by Gasteiger charge is -2.34. The molecule has 2 N–H and O–H groups in total. The number of hydrogen-bond acceptors (Lipinski definition) is 5. The van der Waals surface area contributed by atoms with Crippen molar-refractivity contribution >= 4 is 12.1 Å². The van der Waals surface area contributed by atoms with Gasteiger partial charge in [0.2, 0.25) is 0 Å². The zero-order valence-corrected chi connectivity index (χ0v) is 9.50. The van der Waals surface area contributed by atoms with Crippen LogP contribution in [0.4, 0.5) is 0 Å². The molecule has 0 aromatic rings. The van der Waals surface area contributed by atoms with E-state index in [1.54, 1.807) is 24.1 Å². The molecule has 5 nitrogen and oxygen atoms in total. The van der Waals surface area contributed by atoms with Crippen LogP contribution >= 0.6 is 0 Å². The highest BCUT2D eigenvalue weighted by atomic mass is 16.3. The summed E-state index contributed by atoms with van der Waals surface area (Å²) in [6.45, 7) is 1.75. The summed E-state index contributed by atoms with van der Waals surface area (Å²) in [5.41, 5.74) is 1.46. The minimum atomic E-state index is -0.498. The van der Waals surface area contributed by atoms with Crippen LogP contribution in [0, 0.1) is 0 Å². The predicted octanol–water partition coefficient (Wildman–Crippen LogP) is 0.894. The first-order valence-electron chi connectivity index (χ1n) is 5.39. The van der Waals surface area contributed by atoms with Crippen molar-refractivity contribution in [3.05, 3.63) is 35.4 Å². The molecule has 5 heteroatoms. The minimum Gasteiger partial charge on any atom is -0.504 e. The first-order chi connectivity index (χ1) is 8.19. The summed E-state index contributed by atoms with van der Waals surface area (Å²) in [5, 5.41) is 18.7. The summed E-state index contributed by atoms with van der Waals surface area (Å²) < 4.78 is 0. The van der Waals surface area contributed by atoms with Crippen LogP contribution in [0.25, 0.3) is 0 Å². The number of hydrogen-bond donors (Lipinski definition) is 2. The molecule has 0 aromatic heterocycles. The minimum absolute atomic E-state index is 0.0265. The van der Waals surface area contributed by atoms with Crippen LogP contribution in [0.15, 0.2) is 40.4 Å². The predicted molar refractivity (Wildman–Crippen MR) is 63.4 cm³/mol. The van der Waals surface area contributed by atoms with E-state index < -0.39 is 6.04 Å². The molecule has 0 aliphatic carbocycles. The quantitative estimate of drug-likeness (QED) is 0.711. The zero-order valence-electron chi connectivity index (χ0n) is 9.50. The van der Waals surface area contributed by atoms with E-state index >= 15 is 0 Å². The van der Waals surface area contributed by atoms with Crippen molar-refractivity contribution in [1.29, 1.82) is 0 Å². The van der Waals surface area contributed by atoms with E-state index in [0.29, 0.717) is 18.0 Å². The molecule has 1 atom stereocenters. The highest BCUT2D eigenvalue weighted by molar-refractivity contribution is 6.01. The summed E-state index contributed by atoms with van der Waals surface area (Å²) in [5.74, 6) is 0.422. The number of aldehydes is 1. The second-order valence-corrected chi connectivity index (χ2v) is 3.90. The Labute approximate surface area is 99.1 Å². The molecule has 0 radical (unpaired) electrons. The molecule has 2 aliphatic rings. The van der Waals surface area contributed by atoms with Gasteiger partial charge in [-0.1, -0.05) is 0 Å². The fourth-order valence-electron chi connectivity index (χ4n) is 2.05. The van der Waals surface area contributed by atoms with Crippen molar-refractivity contribution in [2.24, 2.45) is 4.99 Å². The van der Waals surface area contributed by atoms with Crippen LogP contribution in [0.5, 0.6) is 0 Å². The van der Waals surface area contributed by atoms with Gasteiger partial charge in [0, 0.05) is 18.5 Å². The van der Waals surface area contributed by atoms with Gasteiger partial charge in [0.1, 0.15) is 12.3 Å². The molecule has 0 fully saturated rings. The molecular weight excluding hydrogens is 220 g/mol. The Morgan fingerprint density at radius 3 is 3.00 bits per heavy atom. The van der Waals surface area contributed by atoms with Gasteiger partial charge in [0.25, 0.3) is 0 Å². The molecule has 0 amide bonds. The molecule has 1 unspecified atom stereocenters. The standard InChI is InChI=1S/C12H14N2O3/c1-8-9(4-6-15)10(7-16)14-5-2-3-11(17)12(14)13-8/h2-3,5,7,10,15,17H,4,6H2,1H3. The molecule has 0 saturated heterocycles. The Morgan fingerprint density at radius 1 is 1.59 bits per heavy atom. The lowest BCUT2D eigenvalue weighted by atomic mass is 9.98. The molecule has 2 heterocycles. The third-order valence-electron chi connectivity index (χ3n) is 2.88. The first kappa shape index (κ1) is 11.6. The normalized spacial score (nSPS) is 23.2. The Morgan fingerprint density at radius 2 is 2.35 bits per heavy atom. The lowest BCUT2D eigenvalue weighted by molar-refractivity contribution is -0.110. The molecule has 17 heavy (non-hydrogen) atoms. The van der Waals surface area contributed by atoms with Crippen molar-refractivity contribution in [2.45, 2.75) is 19.4 Å². The fourth-order valence-corrected chi connectivity index (χ4v) is 2.05. The molecule has 0 saturated carbocycles. The van der Waals surface area contributed by atoms with E-state index in [9.17, 15) is 9.90 Å². The summed E-state index contributed by atoms with van der Waals surface area (Å²) in [4.78, 5) is 17.1. The fraction of sp³-hybridized carbons (Fsp3) is 0.333.